The first-order valence-electron chi connectivity index (χ1n) is 6.85. The van der Waals surface area contributed by atoms with Gasteiger partial charge in [-0.15, -0.1) is 23.4 Å². The summed E-state index contributed by atoms with van der Waals surface area (Å²) in [6.45, 7) is 1.65. The van der Waals surface area contributed by atoms with Gasteiger partial charge in [-0.25, -0.2) is 0 Å². The van der Waals surface area contributed by atoms with Gasteiger partial charge in [0.1, 0.15) is 12.0 Å². The summed E-state index contributed by atoms with van der Waals surface area (Å²) in [5.41, 5.74) is 1.67. The number of aldehydes is 1. The number of hydrogen-bond acceptors (Lipinski definition) is 5. The molecule has 0 unspecified atom stereocenters. The Bertz CT molecular complexity index is 726. The number of allylic oxidation sites excluding steroid dienone is 1. The molecular formula is C16H14F3N3O2. The third-order valence-electron chi connectivity index (χ3n) is 3.03. The van der Waals surface area contributed by atoms with E-state index in [1.807, 2.05) is 0 Å². The highest BCUT2D eigenvalue weighted by atomic mass is 19.4. The molecule has 0 atom stereocenters. The molecule has 2 aromatic rings. The summed E-state index contributed by atoms with van der Waals surface area (Å²) in [5.74, 6) is 0.205. The van der Waals surface area contributed by atoms with E-state index in [1.165, 1.54) is 24.3 Å². The molecular weight excluding hydrogens is 323 g/mol. The summed E-state index contributed by atoms with van der Waals surface area (Å²) in [6, 6.07) is 8.78. The van der Waals surface area contributed by atoms with Gasteiger partial charge in [-0.05, 0) is 55.0 Å². The van der Waals surface area contributed by atoms with Crippen LogP contribution < -0.4 is 9.64 Å². The lowest BCUT2D eigenvalue weighted by Crippen LogP contribution is -2.17. The third kappa shape index (κ3) is 4.80. The Balaban J connectivity index is 2.13. The molecule has 0 fully saturated rings. The molecule has 8 heteroatoms. The maximum absolute atomic E-state index is 12.1. The SMILES string of the molecule is C/C(C=O)=C\c1ccc(N(C)c2ccc(OC(F)(F)F)cc2)nn1. The first-order chi connectivity index (χ1) is 11.3. The summed E-state index contributed by atoms with van der Waals surface area (Å²) in [7, 11) is 1.70. The number of nitrogens with zero attached hydrogens (tertiary/aromatic N) is 3. The van der Waals surface area contributed by atoms with Crippen LogP contribution >= 0.6 is 0 Å². The van der Waals surface area contributed by atoms with Crippen LogP contribution in [0.2, 0.25) is 0 Å². The molecule has 1 aromatic heterocycles. The van der Waals surface area contributed by atoms with E-state index in [0.717, 1.165) is 0 Å². The van der Waals surface area contributed by atoms with Crippen molar-refractivity contribution in [3.63, 3.8) is 0 Å². The first-order valence-corrected chi connectivity index (χ1v) is 6.85. The van der Waals surface area contributed by atoms with Gasteiger partial charge in [0, 0.05) is 12.7 Å². The zero-order valence-corrected chi connectivity index (χ0v) is 12.9. The van der Waals surface area contributed by atoms with Gasteiger partial charge in [0.25, 0.3) is 0 Å². The molecule has 0 aliphatic heterocycles. The van der Waals surface area contributed by atoms with Gasteiger partial charge in [-0.1, -0.05) is 0 Å². The molecule has 0 saturated heterocycles. The zero-order chi connectivity index (χ0) is 17.7. The van der Waals surface area contributed by atoms with Gasteiger partial charge < -0.3 is 9.64 Å². The van der Waals surface area contributed by atoms with Crippen LogP contribution in [0.1, 0.15) is 12.6 Å². The molecule has 0 radical (unpaired) electrons. The lowest BCUT2D eigenvalue weighted by Gasteiger charge is -2.18. The lowest BCUT2D eigenvalue weighted by atomic mass is 10.2. The number of carbonyl (C=O) groups is 1. The number of carbonyl (C=O) groups excluding carboxylic acids is 1. The van der Waals surface area contributed by atoms with Gasteiger partial charge in [0.2, 0.25) is 0 Å². The van der Waals surface area contributed by atoms with Gasteiger partial charge >= 0.3 is 6.36 Å². The Morgan fingerprint density at radius 1 is 1.12 bits per heavy atom. The molecule has 1 heterocycles. The Morgan fingerprint density at radius 2 is 1.79 bits per heavy atom. The summed E-state index contributed by atoms with van der Waals surface area (Å²) in [6.07, 6.45) is -2.42. The Hall–Kier alpha value is -2.90. The van der Waals surface area contributed by atoms with Gasteiger partial charge in [0.15, 0.2) is 5.82 Å². The fourth-order valence-electron chi connectivity index (χ4n) is 1.86. The topological polar surface area (TPSA) is 55.3 Å². The highest BCUT2D eigenvalue weighted by molar-refractivity contribution is 5.80. The molecule has 24 heavy (non-hydrogen) atoms. The Labute approximate surface area is 136 Å². The molecule has 0 aliphatic rings. The van der Waals surface area contributed by atoms with Crippen LogP contribution in [0.5, 0.6) is 5.75 Å². The average Bonchev–Trinajstić information content (AvgIpc) is 2.54. The minimum atomic E-state index is -4.72. The maximum atomic E-state index is 12.1. The van der Waals surface area contributed by atoms with E-state index in [4.69, 9.17) is 0 Å². The second-order valence-electron chi connectivity index (χ2n) is 4.92. The minimum Gasteiger partial charge on any atom is -0.406 e. The molecule has 1 aromatic carbocycles. The van der Waals surface area contributed by atoms with Crippen LogP contribution in [0.3, 0.4) is 0 Å². The molecule has 5 nitrogen and oxygen atoms in total. The van der Waals surface area contributed by atoms with Gasteiger partial charge in [0.05, 0.1) is 5.69 Å². The lowest BCUT2D eigenvalue weighted by molar-refractivity contribution is -0.274. The highest BCUT2D eigenvalue weighted by Crippen LogP contribution is 2.27. The molecule has 0 aliphatic carbocycles. The van der Waals surface area contributed by atoms with E-state index in [-0.39, 0.29) is 5.75 Å². The smallest absolute Gasteiger partial charge is 0.406 e. The monoisotopic (exact) mass is 337 g/mol. The molecule has 0 saturated carbocycles. The maximum Gasteiger partial charge on any atom is 0.573 e. The van der Waals surface area contributed by atoms with Crippen molar-refractivity contribution in [1.29, 1.82) is 0 Å². The summed E-state index contributed by atoms with van der Waals surface area (Å²) in [5, 5.41) is 8.01. The van der Waals surface area contributed by atoms with Crippen LogP contribution in [-0.4, -0.2) is 29.9 Å². The van der Waals surface area contributed by atoms with Crippen molar-refractivity contribution in [3.05, 3.63) is 47.7 Å². The van der Waals surface area contributed by atoms with Crippen LogP contribution in [0.25, 0.3) is 6.08 Å². The van der Waals surface area contributed by atoms with Crippen molar-refractivity contribution < 1.29 is 22.7 Å². The number of hydrogen-bond donors (Lipinski definition) is 0. The number of benzene rings is 1. The predicted octanol–water partition coefficient (Wildman–Crippen LogP) is 3.75. The molecule has 0 bridgehead atoms. The Kier molecular flexibility index (Phi) is 5.18. The van der Waals surface area contributed by atoms with Crippen LogP contribution in [-0.2, 0) is 4.79 Å². The summed E-state index contributed by atoms with van der Waals surface area (Å²) < 4.78 is 40.2. The number of halogens is 3. The van der Waals surface area contributed by atoms with Crippen molar-refractivity contribution in [2.24, 2.45) is 0 Å². The standard InChI is InChI=1S/C16H14F3N3O2/c1-11(10-23)9-12-3-8-15(21-20-12)22(2)13-4-6-14(7-5-13)24-16(17,18)19/h3-10H,1-2H3/b11-9+. The van der Waals surface area contributed by atoms with E-state index in [9.17, 15) is 18.0 Å². The van der Waals surface area contributed by atoms with Crippen molar-refractivity contribution >= 4 is 23.9 Å². The molecule has 0 amide bonds. The van der Waals surface area contributed by atoms with Crippen molar-refractivity contribution in [1.82, 2.24) is 10.2 Å². The van der Waals surface area contributed by atoms with Crippen LogP contribution in [0, 0.1) is 0 Å². The Morgan fingerprint density at radius 3 is 2.29 bits per heavy atom. The number of rotatable bonds is 5. The largest absolute Gasteiger partial charge is 0.573 e. The summed E-state index contributed by atoms with van der Waals surface area (Å²) in [4.78, 5) is 12.2. The zero-order valence-electron chi connectivity index (χ0n) is 12.9. The second-order valence-corrected chi connectivity index (χ2v) is 4.92. The number of aromatic nitrogens is 2. The van der Waals surface area contributed by atoms with E-state index >= 15 is 0 Å². The number of anilines is 2. The van der Waals surface area contributed by atoms with Crippen LogP contribution in [0.15, 0.2) is 42.0 Å². The fourth-order valence-corrected chi connectivity index (χ4v) is 1.86. The van der Waals surface area contributed by atoms with Crippen molar-refractivity contribution in [2.75, 3.05) is 11.9 Å². The molecule has 0 spiro atoms. The highest BCUT2D eigenvalue weighted by Gasteiger charge is 2.31. The van der Waals surface area contributed by atoms with Gasteiger partial charge in [-0.3, -0.25) is 4.79 Å². The van der Waals surface area contributed by atoms with Gasteiger partial charge in [-0.2, -0.15) is 0 Å². The minimum absolute atomic E-state index is 0.296. The summed E-state index contributed by atoms with van der Waals surface area (Å²) >= 11 is 0. The van der Waals surface area contributed by atoms with E-state index < -0.39 is 6.36 Å². The van der Waals surface area contributed by atoms with Crippen molar-refractivity contribution in [2.45, 2.75) is 13.3 Å². The number of ether oxygens (including phenoxy) is 1. The fraction of sp³-hybridized carbons (Fsp3) is 0.188. The second kappa shape index (κ2) is 7.12. The molecule has 126 valence electrons. The molecule has 0 N–H and O–H groups in total. The van der Waals surface area contributed by atoms with Crippen molar-refractivity contribution in [3.8, 4) is 5.75 Å². The van der Waals surface area contributed by atoms with E-state index in [0.29, 0.717) is 29.1 Å². The van der Waals surface area contributed by atoms with E-state index in [1.54, 1.807) is 37.1 Å². The first kappa shape index (κ1) is 17.5. The average molecular weight is 337 g/mol. The van der Waals surface area contributed by atoms with E-state index in [2.05, 4.69) is 14.9 Å². The number of alkyl halides is 3. The predicted molar refractivity (Wildman–Crippen MR) is 82.9 cm³/mol. The molecule has 2 rings (SSSR count). The quantitative estimate of drug-likeness (QED) is 0.614. The normalized spacial score (nSPS) is 12.0. The van der Waals surface area contributed by atoms with Crippen LogP contribution in [0.4, 0.5) is 24.7 Å². The third-order valence-corrected chi connectivity index (χ3v) is 3.03.